The van der Waals surface area contributed by atoms with Crippen molar-refractivity contribution in [2.24, 2.45) is 5.92 Å². The van der Waals surface area contributed by atoms with E-state index in [1.807, 2.05) is 30.5 Å². The molecule has 0 N–H and O–H groups in total. The highest BCUT2D eigenvalue weighted by atomic mass is 32.2. The molecule has 4 heteroatoms. The first-order chi connectivity index (χ1) is 7.74. The summed E-state index contributed by atoms with van der Waals surface area (Å²) < 4.78 is 12.3. The molecule has 2 nitrogen and oxygen atoms in total. The molecule has 0 bridgehead atoms. The van der Waals surface area contributed by atoms with Crippen LogP contribution in [-0.2, 0) is 0 Å². The van der Waals surface area contributed by atoms with Crippen LogP contribution in [0.3, 0.4) is 0 Å². The van der Waals surface area contributed by atoms with E-state index in [4.69, 9.17) is 0 Å². The Morgan fingerprint density at radius 1 is 1.56 bits per heavy atom. The summed E-state index contributed by atoms with van der Waals surface area (Å²) in [5.41, 5.74) is 0.698. The third-order valence-corrected chi connectivity index (χ3v) is 3.50. The Labute approximate surface area is 98.8 Å². The molecule has 0 aromatic heterocycles. The number of carbonyl (C=O) groups is 1. The summed E-state index contributed by atoms with van der Waals surface area (Å²) in [5, 5.41) is 0. The van der Waals surface area contributed by atoms with Crippen molar-refractivity contribution in [2.45, 2.75) is 4.90 Å². The fraction of sp³-hybridized carbons (Fsp3) is 0.417. The summed E-state index contributed by atoms with van der Waals surface area (Å²) in [6.45, 7) is 0.784. The van der Waals surface area contributed by atoms with Crippen molar-refractivity contribution in [3.63, 3.8) is 0 Å². The Morgan fingerprint density at radius 2 is 2.31 bits per heavy atom. The molecule has 0 radical (unpaired) electrons. The highest BCUT2D eigenvalue weighted by Gasteiger charge is 2.30. The van der Waals surface area contributed by atoms with Gasteiger partial charge in [0.1, 0.15) is 0 Å². The highest BCUT2D eigenvalue weighted by molar-refractivity contribution is 7.98. The highest BCUT2D eigenvalue weighted by Crippen LogP contribution is 2.21. The minimum Gasteiger partial charge on any atom is -0.338 e. The van der Waals surface area contributed by atoms with Gasteiger partial charge in [-0.3, -0.25) is 9.18 Å². The maximum absolute atomic E-state index is 12.3. The van der Waals surface area contributed by atoms with Crippen LogP contribution in [0.2, 0.25) is 0 Å². The molecule has 1 aliphatic heterocycles. The predicted molar refractivity (Wildman–Crippen MR) is 63.6 cm³/mol. The summed E-state index contributed by atoms with van der Waals surface area (Å²) in [6, 6.07) is 7.55. The summed E-state index contributed by atoms with van der Waals surface area (Å²) in [6.07, 6.45) is 1.98. The number of amides is 1. The Balaban J connectivity index is 2.04. The quantitative estimate of drug-likeness (QED) is 0.755. The molecule has 1 aromatic rings. The van der Waals surface area contributed by atoms with Gasteiger partial charge in [0.15, 0.2) is 0 Å². The molecule has 1 aromatic carbocycles. The molecular weight excluding hydrogens is 225 g/mol. The van der Waals surface area contributed by atoms with Crippen LogP contribution >= 0.6 is 11.8 Å². The average Bonchev–Trinajstić information content (AvgIpc) is 2.27. The van der Waals surface area contributed by atoms with E-state index in [0.29, 0.717) is 18.7 Å². The van der Waals surface area contributed by atoms with E-state index in [-0.39, 0.29) is 18.5 Å². The van der Waals surface area contributed by atoms with Crippen molar-refractivity contribution in [1.82, 2.24) is 4.90 Å². The fourth-order valence-corrected chi connectivity index (χ4v) is 2.23. The number of hydrogen-bond donors (Lipinski definition) is 0. The molecule has 0 aliphatic carbocycles. The van der Waals surface area contributed by atoms with Gasteiger partial charge in [0.2, 0.25) is 0 Å². The monoisotopic (exact) mass is 239 g/mol. The maximum atomic E-state index is 12.3. The molecule has 1 heterocycles. The number of likely N-dealkylation sites (tertiary alicyclic amines) is 1. The third kappa shape index (κ3) is 2.21. The number of thioether (sulfide) groups is 1. The normalized spacial score (nSPS) is 16.0. The van der Waals surface area contributed by atoms with Crippen molar-refractivity contribution in [3.05, 3.63) is 29.8 Å². The van der Waals surface area contributed by atoms with Crippen LogP contribution in [0.4, 0.5) is 4.39 Å². The van der Waals surface area contributed by atoms with Gasteiger partial charge in [0, 0.05) is 29.5 Å². The van der Waals surface area contributed by atoms with Gasteiger partial charge in [-0.1, -0.05) is 6.07 Å². The van der Waals surface area contributed by atoms with Crippen molar-refractivity contribution in [3.8, 4) is 0 Å². The van der Waals surface area contributed by atoms with Gasteiger partial charge >= 0.3 is 0 Å². The SMILES string of the molecule is CSc1cccc(C(=O)N2CC(CF)C2)c1. The molecule has 0 unspecified atom stereocenters. The van der Waals surface area contributed by atoms with E-state index >= 15 is 0 Å². The summed E-state index contributed by atoms with van der Waals surface area (Å²) in [5.74, 6) is 0.0632. The zero-order chi connectivity index (χ0) is 11.5. The van der Waals surface area contributed by atoms with Crippen molar-refractivity contribution in [2.75, 3.05) is 26.0 Å². The number of carbonyl (C=O) groups excluding carboxylic acids is 1. The van der Waals surface area contributed by atoms with Crippen molar-refractivity contribution >= 4 is 17.7 Å². The number of hydrogen-bond acceptors (Lipinski definition) is 2. The second-order valence-corrected chi connectivity index (χ2v) is 4.84. The Hall–Kier alpha value is -1.03. The zero-order valence-electron chi connectivity index (χ0n) is 9.15. The van der Waals surface area contributed by atoms with Crippen LogP contribution in [0.1, 0.15) is 10.4 Å². The van der Waals surface area contributed by atoms with E-state index in [1.54, 1.807) is 16.7 Å². The standard InChI is InChI=1S/C12H14FNOS/c1-16-11-4-2-3-10(5-11)12(15)14-7-9(6-13)8-14/h2-5,9H,6-8H2,1H3. The Kier molecular flexibility index (Phi) is 3.49. The van der Waals surface area contributed by atoms with Crippen molar-refractivity contribution < 1.29 is 9.18 Å². The number of alkyl halides is 1. The summed E-state index contributed by atoms with van der Waals surface area (Å²) >= 11 is 1.61. The Morgan fingerprint density at radius 3 is 2.94 bits per heavy atom. The van der Waals surface area contributed by atoms with Gasteiger partial charge in [0.05, 0.1) is 6.67 Å². The first kappa shape index (κ1) is 11.5. The van der Waals surface area contributed by atoms with E-state index in [1.165, 1.54) is 0 Å². The molecule has 16 heavy (non-hydrogen) atoms. The average molecular weight is 239 g/mol. The van der Waals surface area contributed by atoms with E-state index in [9.17, 15) is 9.18 Å². The lowest BCUT2D eigenvalue weighted by Gasteiger charge is -2.37. The van der Waals surface area contributed by atoms with E-state index in [2.05, 4.69) is 0 Å². The largest absolute Gasteiger partial charge is 0.338 e. The van der Waals surface area contributed by atoms with Crippen LogP contribution in [-0.4, -0.2) is 36.8 Å². The number of halogens is 1. The second-order valence-electron chi connectivity index (χ2n) is 3.96. The van der Waals surface area contributed by atoms with Crippen LogP contribution in [0, 0.1) is 5.92 Å². The molecule has 0 atom stereocenters. The molecular formula is C12H14FNOS. The molecule has 1 saturated heterocycles. The minimum absolute atomic E-state index is 0.0144. The predicted octanol–water partition coefficient (Wildman–Crippen LogP) is 2.45. The van der Waals surface area contributed by atoms with Crippen LogP contribution in [0.5, 0.6) is 0 Å². The molecule has 1 amide bonds. The third-order valence-electron chi connectivity index (χ3n) is 2.78. The minimum atomic E-state index is -0.325. The molecule has 0 spiro atoms. The first-order valence-electron chi connectivity index (χ1n) is 5.24. The lowest BCUT2D eigenvalue weighted by molar-refractivity contribution is 0.0452. The molecule has 2 rings (SSSR count). The van der Waals surface area contributed by atoms with Crippen LogP contribution in [0.15, 0.2) is 29.2 Å². The van der Waals surface area contributed by atoms with Crippen molar-refractivity contribution in [1.29, 1.82) is 0 Å². The Bertz CT molecular complexity index is 390. The smallest absolute Gasteiger partial charge is 0.253 e. The van der Waals surface area contributed by atoms with Gasteiger partial charge in [-0.15, -0.1) is 11.8 Å². The summed E-state index contributed by atoms with van der Waals surface area (Å²) in [4.78, 5) is 14.7. The molecule has 1 fully saturated rings. The van der Waals surface area contributed by atoms with Gasteiger partial charge in [-0.25, -0.2) is 0 Å². The van der Waals surface area contributed by atoms with Crippen LogP contribution < -0.4 is 0 Å². The first-order valence-corrected chi connectivity index (χ1v) is 6.46. The number of benzene rings is 1. The molecule has 86 valence electrons. The van der Waals surface area contributed by atoms with Gasteiger partial charge in [-0.2, -0.15) is 0 Å². The number of nitrogens with zero attached hydrogens (tertiary/aromatic N) is 1. The fourth-order valence-electron chi connectivity index (χ4n) is 1.77. The lowest BCUT2D eigenvalue weighted by atomic mass is 10.0. The second kappa shape index (κ2) is 4.87. The number of rotatable bonds is 3. The topological polar surface area (TPSA) is 20.3 Å². The van der Waals surface area contributed by atoms with Gasteiger partial charge in [0.25, 0.3) is 5.91 Å². The van der Waals surface area contributed by atoms with E-state index in [0.717, 1.165) is 4.90 Å². The lowest BCUT2D eigenvalue weighted by Crippen LogP contribution is -2.50. The van der Waals surface area contributed by atoms with E-state index < -0.39 is 0 Å². The summed E-state index contributed by atoms with van der Waals surface area (Å²) in [7, 11) is 0. The zero-order valence-corrected chi connectivity index (χ0v) is 9.97. The maximum Gasteiger partial charge on any atom is 0.253 e. The van der Waals surface area contributed by atoms with Gasteiger partial charge < -0.3 is 4.90 Å². The van der Waals surface area contributed by atoms with Gasteiger partial charge in [-0.05, 0) is 24.5 Å². The van der Waals surface area contributed by atoms with Crippen LogP contribution in [0.25, 0.3) is 0 Å². The molecule has 0 saturated carbocycles. The molecule has 1 aliphatic rings.